The fourth-order valence-corrected chi connectivity index (χ4v) is 4.05. The Labute approximate surface area is 186 Å². The van der Waals surface area contributed by atoms with Gasteiger partial charge in [0.05, 0.1) is 5.56 Å². The van der Waals surface area contributed by atoms with Gasteiger partial charge in [0.25, 0.3) is 0 Å². The largest absolute Gasteiger partial charge is 0.383 e. The molecule has 1 aliphatic heterocycles. The van der Waals surface area contributed by atoms with E-state index in [2.05, 4.69) is 32.3 Å². The maximum absolute atomic E-state index is 13.3. The highest BCUT2D eigenvalue weighted by atomic mass is 16.1. The molecule has 1 saturated heterocycles. The van der Waals surface area contributed by atoms with E-state index in [0.29, 0.717) is 11.3 Å². The van der Waals surface area contributed by atoms with Crippen molar-refractivity contribution in [3.63, 3.8) is 0 Å². The SMILES string of the molecule is Nc1ncc(-c2cc[nH]c2)cc1C(=O)c1cccc(N2CCNC(c3ccccc3)C2)n1. The third kappa shape index (κ3) is 3.98. The predicted molar refractivity (Wildman–Crippen MR) is 126 cm³/mol. The van der Waals surface area contributed by atoms with E-state index in [1.165, 1.54) is 5.56 Å². The number of hydrogen-bond acceptors (Lipinski definition) is 6. The third-order valence-corrected chi connectivity index (χ3v) is 5.76. The Hall–Kier alpha value is -3.97. The highest BCUT2D eigenvalue weighted by molar-refractivity contribution is 6.11. The summed E-state index contributed by atoms with van der Waals surface area (Å²) in [5, 5.41) is 3.56. The number of piperazine rings is 1. The van der Waals surface area contributed by atoms with Crippen molar-refractivity contribution in [3.05, 3.63) is 96.1 Å². The Bertz CT molecular complexity index is 1220. The molecule has 3 aromatic heterocycles. The number of aromatic amines is 1. The van der Waals surface area contributed by atoms with Crippen LogP contribution in [0.25, 0.3) is 11.1 Å². The van der Waals surface area contributed by atoms with E-state index in [9.17, 15) is 4.79 Å². The van der Waals surface area contributed by atoms with Gasteiger partial charge < -0.3 is 20.9 Å². The van der Waals surface area contributed by atoms with Crippen molar-refractivity contribution in [2.24, 2.45) is 0 Å². The number of H-pyrrole nitrogens is 1. The molecule has 1 aliphatic rings. The molecular weight excluding hydrogens is 400 g/mol. The lowest BCUT2D eigenvalue weighted by Crippen LogP contribution is -2.46. The lowest BCUT2D eigenvalue weighted by molar-refractivity contribution is 0.103. The molecule has 5 rings (SSSR count). The van der Waals surface area contributed by atoms with Crippen LogP contribution in [-0.2, 0) is 0 Å². The second-order valence-electron chi connectivity index (χ2n) is 7.83. The molecule has 4 N–H and O–H groups in total. The molecule has 4 aromatic rings. The van der Waals surface area contributed by atoms with Crippen molar-refractivity contribution >= 4 is 17.4 Å². The average Bonchev–Trinajstić information content (AvgIpc) is 3.40. The van der Waals surface area contributed by atoms with Crippen LogP contribution < -0.4 is 16.0 Å². The first-order valence-corrected chi connectivity index (χ1v) is 10.6. The molecule has 0 bridgehead atoms. The lowest BCUT2D eigenvalue weighted by atomic mass is 10.0. The number of hydrogen-bond donors (Lipinski definition) is 3. The normalized spacial score (nSPS) is 16.1. The first-order chi connectivity index (χ1) is 15.7. The van der Waals surface area contributed by atoms with Gasteiger partial charge in [0.15, 0.2) is 0 Å². The number of nitrogens with zero attached hydrogens (tertiary/aromatic N) is 3. The van der Waals surface area contributed by atoms with E-state index in [1.54, 1.807) is 18.3 Å². The minimum Gasteiger partial charge on any atom is -0.383 e. The fraction of sp³-hybridized carbons (Fsp3) is 0.160. The second kappa shape index (κ2) is 8.64. The summed E-state index contributed by atoms with van der Waals surface area (Å²) < 4.78 is 0. The van der Waals surface area contributed by atoms with Crippen LogP contribution in [0.4, 0.5) is 11.6 Å². The highest BCUT2D eigenvalue weighted by Crippen LogP contribution is 2.25. The number of carbonyl (C=O) groups is 1. The van der Waals surface area contributed by atoms with E-state index in [1.807, 2.05) is 48.8 Å². The first-order valence-electron chi connectivity index (χ1n) is 10.6. The maximum Gasteiger partial charge on any atom is 0.215 e. The molecule has 1 unspecified atom stereocenters. The second-order valence-corrected chi connectivity index (χ2v) is 7.83. The molecule has 0 amide bonds. The molecule has 0 spiro atoms. The van der Waals surface area contributed by atoms with Crippen LogP contribution in [0, 0.1) is 0 Å². The van der Waals surface area contributed by atoms with E-state index in [-0.39, 0.29) is 17.6 Å². The highest BCUT2D eigenvalue weighted by Gasteiger charge is 2.23. The Balaban J connectivity index is 1.41. The zero-order valence-corrected chi connectivity index (χ0v) is 17.5. The monoisotopic (exact) mass is 424 g/mol. The van der Waals surface area contributed by atoms with Gasteiger partial charge in [-0.3, -0.25) is 4.79 Å². The number of benzene rings is 1. The molecule has 1 aromatic carbocycles. The molecule has 32 heavy (non-hydrogen) atoms. The summed E-state index contributed by atoms with van der Waals surface area (Å²) in [6.45, 7) is 2.44. The Morgan fingerprint density at radius 2 is 1.94 bits per heavy atom. The molecule has 7 nitrogen and oxygen atoms in total. The lowest BCUT2D eigenvalue weighted by Gasteiger charge is -2.35. The third-order valence-electron chi connectivity index (χ3n) is 5.76. The number of nitrogens with one attached hydrogen (secondary N) is 2. The van der Waals surface area contributed by atoms with Crippen molar-refractivity contribution in [1.82, 2.24) is 20.3 Å². The average molecular weight is 425 g/mol. The minimum atomic E-state index is -0.232. The van der Waals surface area contributed by atoms with E-state index in [0.717, 1.165) is 36.6 Å². The summed E-state index contributed by atoms with van der Waals surface area (Å²) in [6.07, 6.45) is 5.35. The number of pyridine rings is 2. The van der Waals surface area contributed by atoms with E-state index >= 15 is 0 Å². The molecule has 1 atom stereocenters. The first kappa shape index (κ1) is 20.0. The van der Waals surface area contributed by atoms with Gasteiger partial charge in [-0.25, -0.2) is 9.97 Å². The molecule has 0 saturated carbocycles. The standard InChI is InChI=1S/C25H24N6O/c26-25-20(13-19(15-29-25)18-9-10-27-14-18)24(32)21-7-4-8-23(30-21)31-12-11-28-22(16-31)17-5-2-1-3-6-17/h1-10,13-15,22,27-28H,11-12,16H2,(H2,26,29). The minimum absolute atomic E-state index is 0.202. The predicted octanol–water partition coefficient (Wildman–Crippen LogP) is 3.44. The molecule has 1 fully saturated rings. The van der Waals surface area contributed by atoms with Crippen LogP contribution in [0.3, 0.4) is 0 Å². The van der Waals surface area contributed by atoms with Gasteiger partial charge in [-0.2, -0.15) is 0 Å². The van der Waals surface area contributed by atoms with Gasteiger partial charge in [-0.05, 0) is 29.8 Å². The van der Waals surface area contributed by atoms with Crippen LogP contribution in [0.5, 0.6) is 0 Å². The van der Waals surface area contributed by atoms with Crippen molar-refractivity contribution in [2.75, 3.05) is 30.3 Å². The van der Waals surface area contributed by atoms with Gasteiger partial charge in [0, 0.05) is 55.4 Å². The van der Waals surface area contributed by atoms with Crippen molar-refractivity contribution in [1.29, 1.82) is 0 Å². The number of ketones is 1. The Kier molecular flexibility index (Phi) is 5.39. The summed E-state index contributed by atoms with van der Waals surface area (Å²) in [4.78, 5) is 27.4. The summed E-state index contributed by atoms with van der Waals surface area (Å²) in [5.41, 5.74) is 9.79. The smallest absolute Gasteiger partial charge is 0.215 e. The Morgan fingerprint density at radius 1 is 1.06 bits per heavy atom. The van der Waals surface area contributed by atoms with E-state index in [4.69, 9.17) is 10.7 Å². The molecule has 4 heterocycles. The molecular formula is C25H24N6O. The maximum atomic E-state index is 13.3. The van der Waals surface area contributed by atoms with Crippen molar-refractivity contribution in [3.8, 4) is 11.1 Å². The van der Waals surface area contributed by atoms with Crippen LogP contribution in [0.1, 0.15) is 27.7 Å². The van der Waals surface area contributed by atoms with Crippen LogP contribution in [-0.4, -0.2) is 40.4 Å². The number of aromatic nitrogens is 3. The van der Waals surface area contributed by atoms with Gasteiger partial charge >= 0.3 is 0 Å². The summed E-state index contributed by atoms with van der Waals surface area (Å²) >= 11 is 0. The summed E-state index contributed by atoms with van der Waals surface area (Å²) in [6, 6.07) is 19.8. The van der Waals surface area contributed by atoms with Crippen molar-refractivity contribution in [2.45, 2.75) is 6.04 Å². The molecule has 160 valence electrons. The quantitative estimate of drug-likeness (QED) is 0.425. The van der Waals surface area contributed by atoms with Crippen LogP contribution in [0.2, 0.25) is 0 Å². The number of nitrogens with two attached hydrogens (primary N) is 1. The number of rotatable bonds is 5. The summed E-state index contributed by atoms with van der Waals surface area (Å²) in [5.74, 6) is 0.753. The van der Waals surface area contributed by atoms with Crippen LogP contribution in [0.15, 0.2) is 79.3 Å². The fourth-order valence-electron chi connectivity index (χ4n) is 4.05. The Morgan fingerprint density at radius 3 is 2.75 bits per heavy atom. The number of nitrogen functional groups attached to an aromatic ring is 1. The number of carbonyl (C=O) groups excluding carboxylic acids is 1. The molecule has 0 aliphatic carbocycles. The molecule has 0 radical (unpaired) electrons. The topological polar surface area (TPSA) is 99.9 Å². The summed E-state index contributed by atoms with van der Waals surface area (Å²) in [7, 11) is 0. The zero-order chi connectivity index (χ0) is 21.9. The van der Waals surface area contributed by atoms with Gasteiger partial charge in [0.1, 0.15) is 17.3 Å². The zero-order valence-electron chi connectivity index (χ0n) is 17.5. The van der Waals surface area contributed by atoms with Gasteiger partial charge in [0.2, 0.25) is 5.78 Å². The number of anilines is 2. The van der Waals surface area contributed by atoms with Crippen molar-refractivity contribution < 1.29 is 4.79 Å². The van der Waals surface area contributed by atoms with Gasteiger partial charge in [-0.1, -0.05) is 36.4 Å². The molecule has 7 heteroatoms. The van der Waals surface area contributed by atoms with E-state index < -0.39 is 0 Å². The van der Waals surface area contributed by atoms with Crippen LogP contribution >= 0.6 is 0 Å². The van der Waals surface area contributed by atoms with Gasteiger partial charge in [-0.15, -0.1) is 0 Å².